The van der Waals surface area contributed by atoms with Gasteiger partial charge >= 0.3 is 0 Å². The van der Waals surface area contributed by atoms with Gasteiger partial charge in [0.05, 0.1) is 12.0 Å². The fraction of sp³-hybridized carbons (Fsp3) is 0.304. The normalized spacial score (nSPS) is 14.0. The number of rotatable bonds is 7. The largest absolute Gasteiger partial charge is 0.351 e. The van der Waals surface area contributed by atoms with Gasteiger partial charge in [-0.1, -0.05) is 36.8 Å². The van der Waals surface area contributed by atoms with E-state index in [0.717, 1.165) is 48.4 Å². The lowest BCUT2D eigenvalue weighted by Gasteiger charge is -2.26. The van der Waals surface area contributed by atoms with Crippen LogP contribution in [0.15, 0.2) is 61.2 Å². The van der Waals surface area contributed by atoms with E-state index < -0.39 is 0 Å². The molecule has 0 radical (unpaired) electrons. The molecule has 0 saturated heterocycles. The van der Waals surface area contributed by atoms with Crippen molar-refractivity contribution in [3.8, 4) is 11.3 Å². The monoisotopic (exact) mass is 400 g/mol. The Bertz CT molecular complexity index is 1150. The van der Waals surface area contributed by atoms with Crippen molar-refractivity contribution in [3.63, 3.8) is 0 Å². The molecule has 1 amide bonds. The van der Waals surface area contributed by atoms with Crippen molar-refractivity contribution in [1.29, 1.82) is 0 Å². The van der Waals surface area contributed by atoms with Crippen LogP contribution in [0.4, 0.5) is 0 Å². The van der Waals surface area contributed by atoms with Gasteiger partial charge < -0.3 is 9.88 Å². The van der Waals surface area contributed by atoms with Crippen molar-refractivity contribution in [2.24, 2.45) is 0 Å². The lowest BCUT2D eigenvalue weighted by molar-refractivity contribution is 0.0947. The van der Waals surface area contributed by atoms with Crippen molar-refractivity contribution in [3.05, 3.63) is 72.6 Å². The van der Waals surface area contributed by atoms with Crippen LogP contribution in [0, 0.1) is 0 Å². The second kappa shape index (κ2) is 8.10. The average Bonchev–Trinajstić information content (AvgIpc) is 3.40. The topological polar surface area (TPSA) is 77.1 Å². The summed E-state index contributed by atoms with van der Waals surface area (Å²) in [5, 5.41) is 7.57. The number of amides is 1. The number of benzene rings is 1. The highest BCUT2D eigenvalue weighted by Crippen LogP contribution is 2.37. The second-order valence-electron chi connectivity index (χ2n) is 7.77. The van der Waals surface area contributed by atoms with Crippen LogP contribution in [-0.2, 0) is 6.54 Å². The Morgan fingerprint density at radius 3 is 2.77 bits per heavy atom. The van der Waals surface area contributed by atoms with Gasteiger partial charge in [0.15, 0.2) is 11.3 Å². The highest BCUT2D eigenvalue weighted by Gasteiger charge is 2.25. The van der Waals surface area contributed by atoms with Crippen LogP contribution in [0.2, 0.25) is 0 Å². The number of nitrogens with zero attached hydrogens (tertiary/aromatic N) is 5. The van der Waals surface area contributed by atoms with E-state index in [0.29, 0.717) is 18.2 Å². The third-order valence-electron chi connectivity index (χ3n) is 5.72. The van der Waals surface area contributed by atoms with E-state index in [4.69, 9.17) is 4.98 Å². The second-order valence-corrected chi connectivity index (χ2v) is 7.77. The minimum Gasteiger partial charge on any atom is -0.351 e. The van der Waals surface area contributed by atoms with E-state index in [9.17, 15) is 4.79 Å². The first-order chi connectivity index (χ1) is 14.8. The van der Waals surface area contributed by atoms with Crippen LogP contribution < -0.4 is 5.32 Å². The van der Waals surface area contributed by atoms with Gasteiger partial charge in [-0.2, -0.15) is 5.10 Å². The summed E-state index contributed by atoms with van der Waals surface area (Å²) in [7, 11) is 0. The molecule has 152 valence electrons. The molecule has 1 aliphatic rings. The first-order valence-corrected chi connectivity index (χ1v) is 10.5. The van der Waals surface area contributed by atoms with Crippen LogP contribution in [0.3, 0.4) is 0 Å². The zero-order valence-corrected chi connectivity index (χ0v) is 16.7. The Balaban J connectivity index is 1.37. The summed E-state index contributed by atoms with van der Waals surface area (Å²) in [5.41, 5.74) is 4.28. The van der Waals surface area contributed by atoms with Crippen molar-refractivity contribution < 1.29 is 4.79 Å². The summed E-state index contributed by atoms with van der Waals surface area (Å²) in [4.78, 5) is 21.5. The smallest absolute Gasteiger partial charge is 0.271 e. The maximum absolute atomic E-state index is 12.7. The van der Waals surface area contributed by atoms with Gasteiger partial charge in [0.2, 0.25) is 0 Å². The molecule has 0 aliphatic heterocycles. The number of aryl methyl sites for hydroxylation is 1. The van der Waals surface area contributed by atoms with Gasteiger partial charge in [-0.3, -0.25) is 4.79 Å². The molecular formula is C23H24N6O. The average molecular weight is 400 g/mol. The zero-order chi connectivity index (χ0) is 20.3. The minimum atomic E-state index is -0.160. The number of hydrogen-bond acceptors (Lipinski definition) is 4. The SMILES string of the molecule is O=C(NCCCn1ccnc1)c1cc2nc(-c3ccccc3)cc(C3CCC3)n2n1. The molecular weight excluding hydrogens is 376 g/mol. The lowest BCUT2D eigenvalue weighted by atomic mass is 9.82. The van der Waals surface area contributed by atoms with Crippen molar-refractivity contribution in [2.75, 3.05) is 6.54 Å². The van der Waals surface area contributed by atoms with Crippen LogP contribution in [-0.4, -0.2) is 36.6 Å². The Kier molecular flexibility index (Phi) is 5.01. The number of carbonyl (C=O) groups is 1. The number of aromatic nitrogens is 5. The standard InChI is InChI=1S/C23H24N6O/c30-23(25-10-5-12-28-13-11-24-16-28)20-15-22-26-19(17-6-2-1-3-7-17)14-21(29(22)27-20)18-8-4-9-18/h1-3,6-7,11,13-16,18H,4-5,8-10,12H2,(H,25,30). The molecule has 1 fully saturated rings. The molecule has 0 atom stereocenters. The quantitative estimate of drug-likeness (QED) is 0.480. The summed E-state index contributed by atoms with van der Waals surface area (Å²) < 4.78 is 3.85. The highest BCUT2D eigenvalue weighted by molar-refractivity contribution is 5.93. The van der Waals surface area contributed by atoms with Crippen LogP contribution in [0.1, 0.15) is 47.8 Å². The molecule has 7 nitrogen and oxygen atoms in total. The zero-order valence-electron chi connectivity index (χ0n) is 16.7. The van der Waals surface area contributed by atoms with Gasteiger partial charge in [-0.15, -0.1) is 0 Å². The number of fused-ring (bicyclic) bond motifs is 1. The number of nitrogens with one attached hydrogen (secondary N) is 1. The highest BCUT2D eigenvalue weighted by atomic mass is 16.1. The fourth-order valence-corrected chi connectivity index (χ4v) is 3.83. The molecule has 1 saturated carbocycles. The number of imidazole rings is 1. The van der Waals surface area contributed by atoms with Gasteiger partial charge in [0, 0.05) is 48.7 Å². The van der Waals surface area contributed by atoms with Gasteiger partial charge in [0.1, 0.15) is 0 Å². The summed E-state index contributed by atoms with van der Waals surface area (Å²) >= 11 is 0. The van der Waals surface area contributed by atoms with Crippen molar-refractivity contribution >= 4 is 11.6 Å². The third kappa shape index (κ3) is 3.70. The maximum Gasteiger partial charge on any atom is 0.271 e. The van der Waals surface area contributed by atoms with Crippen LogP contribution in [0.5, 0.6) is 0 Å². The van der Waals surface area contributed by atoms with E-state index in [1.807, 2.05) is 33.5 Å². The minimum absolute atomic E-state index is 0.160. The van der Waals surface area contributed by atoms with Gasteiger partial charge in [-0.05, 0) is 25.3 Å². The molecule has 1 N–H and O–H groups in total. The van der Waals surface area contributed by atoms with Crippen LogP contribution in [0.25, 0.3) is 16.9 Å². The first kappa shape index (κ1) is 18.5. The van der Waals surface area contributed by atoms with E-state index in [1.54, 1.807) is 18.6 Å². The first-order valence-electron chi connectivity index (χ1n) is 10.5. The Morgan fingerprint density at radius 1 is 1.17 bits per heavy atom. The number of hydrogen-bond donors (Lipinski definition) is 1. The van der Waals surface area contributed by atoms with Gasteiger partial charge in [-0.25, -0.2) is 14.5 Å². The van der Waals surface area contributed by atoms with Crippen molar-refractivity contribution in [2.45, 2.75) is 38.1 Å². The summed E-state index contributed by atoms with van der Waals surface area (Å²) in [5.74, 6) is 0.316. The molecule has 7 heteroatoms. The molecule has 0 spiro atoms. The molecule has 0 bridgehead atoms. The van der Waals surface area contributed by atoms with Crippen molar-refractivity contribution in [1.82, 2.24) is 29.5 Å². The Labute approximate surface area is 174 Å². The third-order valence-corrected chi connectivity index (χ3v) is 5.72. The predicted octanol–water partition coefficient (Wildman–Crippen LogP) is 3.68. The van der Waals surface area contributed by atoms with E-state index in [2.05, 4.69) is 33.6 Å². The summed E-state index contributed by atoms with van der Waals surface area (Å²) in [6.45, 7) is 1.41. The van der Waals surface area contributed by atoms with E-state index in [-0.39, 0.29) is 5.91 Å². The molecule has 3 heterocycles. The van der Waals surface area contributed by atoms with Crippen LogP contribution >= 0.6 is 0 Å². The molecule has 0 unspecified atom stereocenters. The lowest BCUT2D eigenvalue weighted by Crippen LogP contribution is -2.25. The number of carbonyl (C=O) groups excluding carboxylic acids is 1. The molecule has 1 aromatic carbocycles. The predicted molar refractivity (Wildman–Crippen MR) is 114 cm³/mol. The maximum atomic E-state index is 12.7. The fourth-order valence-electron chi connectivity index (χ4n) is 3.83. The molecule has 1 aliphatic carbocycles. The summed E-state index contributed by atoms with van der Waals surface area (Å²) in [6.07, 6.45) is 9.83. The Hall–Kier alpha value is -3.48. The molecule has 30 heavy (non-hydrogen) atoms. The molecule has 4 aromatic rings. The van der Waals surface area contributed by atoms with E-state index in [1.165, 1.54) is 6.42 Å². The summed E-state index contributed by atoms with van der Waals surface area (Å²) in [6, 6.07) is 14.1. The molecule has 3 aromatic heterocycles. The Morgan fingerprint density at radius 2 is 2.03 bits per heavy atom. The van der Waals surface area contributed by atoms with Gasteiger partial charge in [0.25, 0.3) is 5.91 Å². The van der Waals surface area contributed by atoms with E-state index >= 15 is 0 Å². The molecule has 5 rings (SSSR count).